The first-order chi connectivity index (χ1) is 15.5. The van der Waals surface area contributed by atoms with E-state index in [1.807, 2.05) is 58.9 Å². The minimum Gasteiger partial charge on any atom is -0.487 e. The largest absolute Gasteiger partial charge is 0.487 e. The van der Waals surface area contributed by atoms with Crippen LogP contribution in [0.1, 0.15) is 47.4 Å². The topological polar surface area (TPSA) is 83.5 Å². The van der Waals surface area contributed by atoms with Gasteiger partial charge in [0, 0.05) is 6.54 Å². The van der Waals surface area contributed by atoms with E-state index in [1.54, 1.807) is 19.1 Å². The molecule has 1 aromatic heterocycles. The molecule has 1 heterocycles. The van der Waals surface area contributed by atoms with E-state index in [1.165, 1.54) is 10.4 Å². The number of hydrogen-bond donors (Lipinski definition) is 0. The molecule has 0 aliphatic rings. The van der Waals surface area contributed by atoms with E-state index in [2.05, 4.69) is 6.07 Å². The Hall–Kier alpha value is -3.24. The summed E-state index contributed by atoms with van der Waals surface area (Å²) in [5.41, 5.74) is 4.90. The van der Waals surface area contributed by atoms with E-state index in [4.69, 9.17) is 14.4 Å². The molecule has 0 aliphatic heterocycles. The molecule has 7 heteroatoms. The van der Waals surface area contributed by atoms with Gasteiger partial charge in [-0.25, -0.2) is 0 Å². The molecule has 3 rings (SSSR count). The van der Waals surface area contributed by atoms with Crippen LogP contribution in [-0.2, 0) is 16.6 Å². The molecular weight excluding hydrogens is 436 g/mol. The number of furan rings is 1. The second-order valence-electron chi connectivity index (χ2n) is 8.74. The molecule has 0 aliphatic carbocycles. The predicted octanol–water partition coefficient (Wildman–Crippen LogP) is 5.82. The van der Waals surface area contributed by atoms with Gasteiger partial charge in [-0.2, -0.15) is 13.7 Å². The fourth-order valence-electron chi connectivity index (χ4n) is 3.48. The third-order valence-corrected chi connectivity index (χ3v) is 7.14. The van der Waals surface area contributed by atoms with Gasteiger partial charge in [0.15, 0.2) is 0 Å². The van der Waals surface area contributed by atoms with E-state index < -0.39 is 10.0 Å². The Labute approximate surface area is 196 Å². The Morgan fingerprint density at radius 2 is 1.70 bits per heavy atom. The van der Waals surface area contributed by atoms with E-state index in [9.17, 15) is 8.42 Å². The summed E-state index contributed by atoms with van der Waals surface area (Å²) in [7, 11) is -3.93. The van der Waals surface area contributed by atoms with Crippen LogP contribution in [0.25, 0.3) is 0 Å². The number of anilines is 1. The lowest BCUT2D eigenvalue weighted by molar-refractivity contribution is 0.306. The maximum atomic E-state index is 13.6. The normalized spacial score (nSPS) is 11.5. The molecule has 33 heavy (non-hydrogen) atoms. The van der Waals surface area contributed by atoms with Gasteiger partial charge < -0.3 is 9.15 Å². The monoisotopic (exact) mass is 466 g/mol. The van der Waals surface area contributed by atoms with E-state index >= 15 is 0 Å². The number of aryl methyl sites for hydroxylation is 4. The lowest BCUT2D eigenvalue weighted by Crippen LogP contribution is -2.34. The molecule has 0 atom stereocenters. The van der Waals surface area contributed by atoms with Gasteiger partial charge in [0.2, 0.25) is 5.09 Å². The van der Waals surface area contributed by atoms with E-state index in [-0.39, 0.29) is 24.2 Å². The number of nitrogens with zero attached hydrogens (tertiary/aromatic N) is 2. The molecule has 0 unspecified atom stereocenters. The highest BCUT2D eigenvalue weighted by molar-refractivity contribution is 7.92. The molecular formula is C26H30N2O4S. The van der Waals surface area contributed by atoms with Crippen LogP contribution in [0.3, 0.4) is 0 Å². The van der Waals surface area contributed by atoms with Crippen molar-refractivity contribution in [1.29, 1.82) is 5.26 Å². The highest BCUT2D eigenvalue weighted by Crippen LogP contribution is 2.36. The van der Waals surface area contributed by atoms with Crippen molar-refractivity contribution in [2.24, 2.45) is 5.92 Å². The molecule has 0 spiro atoms. The number of benzene rings is 2. The van der Waals surface area contributed by atoms with Crippen molar-refractivity contribution in [1.82, 2.24) is 0 Å². The van der Waals surface area contributed by atoms with Gasteiger partial charge >= 0.3 is 0 Å². The summed E-state index contributed by atoms with van der Waals surface area (Å²) >= 11 is 0. The van der Waals surface area contributed by atoms with Gasteiger partial charge in [0.1, 0.15) is 18.1 Å². The van der Waals surface area contributed by atoms with Crippen molar-refractivity contribution in [2.75, 3.05) is 10.8 Å². The molecule has 0 saturated carbocycles. The molecule has 0 radical (unpaired) electrons. The first-order valence-electron chi connectivity index (χ1n) is 10.9. The Morgan fingerprint density at radius 1 is 1.00 bits per heavy atom. The van der Waals surface area contributed by atoms with Gasteiger partial charge in [0.25, 0.3) is 10.0 Å². The molecule has 0 N–H and O–H groups in total. The smallest absolute Gasteiger partial charge is 0.297 e. The zero-order chi connectivity index (χ0) is 24.3. The molecule has 6 nitrogen and oxygen atoms in total. The zero-order valence-electron chi connectivity index (χ0n) is 20.0. The van der Waals surface area contributed by atoms with Crippen LogP contribution in [0.15, 0.2) is 52.0 Å². The van der Waals surface area contributed by atoms with Crippen LogP contribution in [-0.4, -0.2) is 15.0 Å². The lowest BCUT2D eigenvalue weighted by atomic mass is 10.1. The van der Waals surface area contributed by atoms with Crippen molar-refractivity contribution in [3.63, 3.8) is 0 Å². The van der Waals surface area contributed by atoms with Crippen LogP contribution >= 0.6 is 0 Å². The first kappa shape index (κ1) is 24.4. The second kappa shape index (κ2) is 9.72. The number of hydrogen-bond acceptors (Lipinski definition) is 5. The minimum atomic E-state index is -3.93. The average molecular weight is 467 g/mol. The first-order valence-corrected chi connectivity index (χ1v) is 12.3. The van der Waals surface area contributed by atoms with Crippen LogP contribution in [0.5, 0.6) is 5.75 Å². The van der Waals surface area contributed by atoms with Crippen molar-refractivity contribution >= 4 is 15.7 Å². The summed E-state index contributed by atoms with van der Waals surface area (Å²) in [5.74, 6) is 1.09. The molecule has 2 aromatic carbocycles. The predicted molar refractivity (Wildman–Crippen MR) is 129 cm³/mol. The van der Waals surface area contributed by atoms with Crippen molar-refractivity contribution < 1.29 is 17.6 Å². The average Bonchev–Trinajstić information content (AvgIpc) is 3.20. The summed E-state index contributed by atoms with van der Waals surface area (Å²) in [5, 5.41) is 9.02. The van der Waals surface area contributed by atoms with Gasteiger partial charge in [-0.1, -0.05) is 19.9 Å². The summed E-state index contributed by atoms with van der Waals surface area (Å²) in [4.78, 5) is 0. The SMILES string of the molecule is Cc1ccc(S(=O)(=O)N(CC(C)C)c2cc(C)c(C)cc2OCc2ccc(C#N)cc2C)o1. The van der Waals surface area contributed by atoms with Crippen LogP contribution in [0.2, 0.25) is 0 Å². The molecule has 0 amide bonds. The third kappa shape index (κ3) is 5.40. The van der Waals surface area contributed by atoms with Gasteiger partial charge in [0.05, 0.1) is 17.3 Å². The number of sulfonamides is 1. The Kier molecular flexibility index (Phi) is 7.19. The number of ether oxygens (including phenoxy) is 1. The lowest BCUT2D eigenvalue weighted by Gasteiger charge is -2.28. The summed E-state index contributed by atoms with van der Waals surface area (Å²) in [6.45, 7) is 12.0. The van der Waals surface area contributed by atoms with Gasteiger partial charge in [-0.15, -0.1) is 0 Å². The second-order valence-corrected chi connectivity index (χ2v) is 10.5. The third-order valence-electron chi connectivity index (χ3n) is 5.49. The van der Waals surface area contributed by atoms with Gasteiger partial charge in [-0.05, 0) is 92.3 Å². The molecule has 174 valence electrons. The van der Waals surface area contributed by atoms with Crippen LogP contribution in [0, 0.1) is 44.9 Å². The Bertz CT molecular complexity index is 1300. The number of nitriles is 1. The highest BCUT2D eigenvalue weighted by Gasteiger charge is 2.31. The minimum absolute atomic E-state index is 0.0751. The molecule has 0 saturated heterocycles. The highest BCUT2D eigenvalue weighted by atomic mass is 32.2. The fourth-order valence-corrected chi connectivity index (χ4v) is 5.07. The van der Waals surface area contributed by atoms with Crippen molar-refractivity contribution in [3.05, 3.63) is 76.0 Å². The van der Waals surface area contributed by atoms with E-state index in [0.717, 1.165) is 22.3 Å². The molecule has 0 bridgehead atoms. The Morgan fingerprint density at radius 3 is 2.27 bits per heavy atom. The fraction of sp³-hybridized carbons (Fsp3) is 0.346. The summed E-state index contributed by atoms with van der Waals surface area (Å²) in [6, 6.07) is 14.4. The maximum Gasteiger partial charge on any atom is 0.297 e. The quantitative estimate of drug-likeness (QED) is 0.418. The van der Waals surface area contributed by atoms with Crippen LogP contribution in [0.4, 0.5) is 5.69 Å². The molecule has 0 fully saturated rings. The zero-order valence-corrected chi connectivity index (χ0v) is 20.8. The van der Waals surface area contributed by atoms with Gasteiger partial charge in [-0.3, -0.25) is 4.31 Å². The van der Waals surface area contributed by atoms with Crippen LogP contribution < -0.4 is 9.04 Å². The van der Waals surface area contributed by atoms with Crippen molar-refractivity contribution in [3.8, 4) is 11.8 Å². The maximum absolute atomic E-state index is 13.6. The standard InChI is InChI=1S/C26H30N2O4S/c1-17(2)15-28(33(29,30)26-10-7-21(6)32-26)24-12-18(3)19(4)13-25(24)31-16-23-9-8-22(14-27)11-20(23)5/h7-13,17H,15-16H2,1-6H3. The summed E-state index contributed by atoms with van der Waals surface area (Å²) < 4.78 is 40.2. The number of rotatable bonds is 8. The summed E-state index contributed by atoms with van der Waals surface area (Å²) in [6.07, 6.45) is 0. The Balaban J connectivity index is 2.06. The van der Waals surface area contributed by atoms with Crippen molar-refractivity contribution in [2.45, 2.75) is 53.2 Å². The molecule has 3 aromatic rings. The van der Waals surface area contributed by atoms with E-state index in [0.29, 0.717) is 22.8 Å².